The zero-order valence-electron chi connectivity index (χ0n) is 9.13. The number of nitrogens with zero attached hydrogens (tertiary/aromatic N) is 2. The van der Waals surface area contributed by atoms with Crippen LogP contribution >= 0.6 is 27.3 Å². The molecule has 2 N–H and O–H groups in total. The van der Waals surface area contributed by atoms with Crippen LogP contribution in [0.25, 0.3) is 22.8 Å². The van der Waals surface area contributed by atoms with Gasteiger partial charge in [-0.15, -0.1) is 0 Å². The molecule has 0 saturated carbocycles. The Morgan fingerprint density at radius 1 is 1.28 bits per heavy atom. The first kappa shape index (κ1) is 11.4. The predicted molar refractivity (Wildman–Crippen MR) is 75.2 cm³/mol. The van der Waals surface area contributed by atoms with E-state index in [2.05, 4.69) is 26.1 Å². The second-order valence-corrected chi connectivity index (χ2v) is 5.36. The Kier molecular flexibility index (Phi) is 2.89. The van der Waals surface area contributed by atoms with Gasteiger partial charge >= 0.3 is 0 Å². The minimum Gasteiger partial charge on any atom is -0.398 e. The molecule has 0 aliphatic heterocycles. The number of hydrogen-bond acceptors (Lipinski definition) is 5. The summed E-state index contributed by atoms with van der Waals surface area (Å²) in [7, 11) is 0. The Balaban J connectivity index is 2.03. The van der Waals surface area contributed by atoms with Gasteiger partial charge in [0.05, 0.1) is 5.56 Å². The van der Waals surface area contributed by atoms with Gasteiger partial charge in [0.2, 0.25) is 5.82 Å². The van der Waals surface area contributed by atoms with Crippen molar-refractivity contribution in [2.24, 2.45) is 0 Å². The van der Waals surface area contributed by atoms with Crippen molar-refractivity contribution in [3.63, 3.8) is 0 Å². The van der Waals surface area contributed by atoms with E-state index in [0.717, 1.165) is 15.6 Å². The molecule has 0 atom stereocenters. The summed E-state index contributed by atoms with van der Waals surface area (Å²) in [4.78, 5) is 4.35. The van der Waals surface area contributed by atoms with Crippen molar-refractivity contribution in [3.05, 3.63) is 39.5 Å². The predicted octanol–water partition coefficient (Wildman–Crippen LogP) is 3.81. The average Bonchev–Trinajstić information content (AvgIpc) is 2.99. The highest BCUT2D eigenvalue weighted by Crippen LogP contribution is 2.29. The lowest BCUT2D eigenvalue weighted by molar-refractivity contribution is 0.432. The molecule has 0 radical (unpaired) electrons. The van der Waals surface area contributed by atoms with Gasteiger partial charge in [0.25, 0.3) is 5.89 Å². The summed E-state index contributed by atoms with van der Waals surface area (Å²) in [5.74, 6) is 1.01. The van der Waals surface area contributed by atoms with Crippen LogP contribution in [0, 0.1) is 0 Å². The molecule has 2 heterocycles. The molecule has 0 saturated heterocycles. The maximum Gasteiger partial charge on any atom is 0.260 e. The van der Waals surface area contributed by atoms with Crippen LogP contribution in [0.2, 0.25) is 0 Å². The van der Waals surface area contributed by atoms with Crippen molar-refractivity contribution in [3.8, 4) is 22.8 Å². The summed E-state index contributed by atoms with van der Waals surface area (Å²) in [6.45, 7) is 0. The molecule has 0 bridgehead atoms. The fourth-order valence-electron chi connectivity index (χ4n) is 1.57. The van der Waals surface area contributed by atoms with Crippen LogP contribution in [0.3, 0.4) is 0 Å². The molecule has 0 spiro atoms. The first-order valence-electron chi connectivity index (χ1n) is 5.16. The molecular weight excluding hydrogens is 314 g/mol. The minimum absolute atomic E-state index is 0.432. The molecule has 90 valence electrons. The van der Waals surface area contributed by atoms with Crippen LogP contribution in [0.4, 0.5) is 5.69 Å². The van der Waals surface area contributed by atoms with Crippen LogP contribution in [0.15, 0.2) is 44.0 Å². The summed E-state index contributed by atoms with van der Waals surface area (Å²) < 4.78 is 6.16. The molecule has 0 aliphatic carbocycles. The summed E-state index contributed by atoms with van der Waals surface area (Å²) >= 11 is 4.95. The molecule has 0 fully saturated rings. The number of thiophene rings is 1. The third kappa shape index (κ3) is 2.04. The molecule has 3 aromatic rings. The van der Waals surface area contributed by atoms with Crippen LogP contribution in [-0.4, -0.2) is 10.1 Å². The SMILES string of the molecule is Nc1cc(Br)ccc1-c1nc(-c2ccsc2)no1. The van der Waals surface area contributed by atoms with Crippen molar-refractivity contribution in [1.82, 2.24) is 10.1 Å². The van der Waals surface area contributed by atoms with E-state index in [-0.39, 0.29) is 0 Å². The fourth-order valence-corrected chi connectivity index (χ4v) is 2.58. The van der Waals surface area contributed by atoms with E-state index >= 15 is 0 Å². The second kappa shape index (κ2) is 4.55. The van der Waals surface area contributed by atoms with Gasteiger partial charge in [-0.3, -0.25) is 0 Å². The highest BCUT2D eigenvalue weighted by molar-refractivity contribution is 9.10. The molecule has 0 aliphatic rings. The largest absolute Gasteiger partial charge is 0.398 e. The summed E-state index contributed by atoms with van der Waals surface area (Å²) in [5.41, 5.74) is 8.22. The van der Waals surface area contributed by atoms with Crippen molar-refractivity contribution < 1.29 is 4.52 Å². The monoisotopic (exact) mass is 321 g/mol. The molecule has 2 aromatic heterocycles. The third-order valence-corrected chi connectivity index (χ3v) is 3.63. The molecule has 18 heavy (non-hydrogen) atoms. The van der Waals surface area contributed by atoms with Crippen molar-refractivity contribution in [1.29, 1.82) is 0 Å². The maximum absolute atomic E-state index is 5.93. The maximum atomic E-state index is 5.93. The highest BCUT2D eigenvalue weighted by Gasteiger charge is 2.13. The molecule has 4 nitrogen and oxygen atoms in total. The van der Waals surface area contributed by atoms with E-state index in [4.69, 9.17) is 10.3 Å². The smallest absolute Gasteiger partial charge is 0.260 e. The highest BCUT2D eigenvalue weighted by atomic mass is 79.9. The van der Waals surface area contributed by atoms with E-state index in [9.17, 15) is 0 Å². The molecular formula is C12H8BrN3OS. The van der Waals surface area contributed by atoms with Gasteiger partial charge in [0.15, 0.2) is 0 Å². The Bertz CT molecular complexity index is 678. The summed E-state index contributed by atoms with van der Waals surface area (Å²) in [6.07, 6.45) is 0. The van der Waals surface area contributed by atoms with Gasteiger partial charge in [0, 0.05) is 21.1 Å². The first-order valence-corrected chi connectivity index (χ1v) is 6.89. The van der Waals surface area contributed by atoms with Crippen LogP contribution in [-0.2, 0) is 0 Å². The van der Waals surface area contributed by atoms with E-state index in [0.29, 0.717) is 17.4 Å². The number of nitrogen functional groups attached to an aromatic ring is 1. The quantitative estimate of drug-likeness (QED) is 0.729. The lowest BCUT2D eigenvalue weighted by Gasteiger charge is -2.00. The Hall–Kier alpha value is -1.66. The summed E-state index contributed by atoms with van der Waals surface area (Å²) in [6, 6.07) is 7.50. The third-order valence-electron chi connectivity index (χ3n) is 2.45. The number of nitrogens with two attached hydrogens (primary N) is 1. The number of halogens is 1. The molecule has 0 amide bonds. The number of anilines is 1. The van der Waals surface area contributed by atoms with E-state index in [1.807, 2.05) is 35.0 Å². The van der Waals surface area contributed by atoms with Crippen LogP contribution < -0.4 is 5.73 Å². The van der Waals surface area contributed by atoms with Crippen molar-refractivity contribution >= 4 is 33.0 Å². The van der Waals surface area contributed by atoms with Crippen LogP contribution in [0.1, 0.15) is 0 Å². The van der Waals surface area contributed by atoms with E-state index < -0.39 is 0 Å². The first-order chi connectivity index (χ1) is 8.74. The zero-order valence-corrected chi connectivity index (χ0v) is 11.5. The Morgan fingerprint density at radius 3 is 2.89 bits per heavy atom. The lowest BCUT2D eigenvalue weighted by Crippen LogP contribution is -1.90. The molecule has 1 aromatic carbocycles. The average molecular weight is 322 g/mol. The number of aromatic nitrogens is 2. The number of benzene rings is 1. The molecule has 3 rings (SSSR count). The van der Waals surface area contributed by atoms with Gasteiger partial charge in [-0.1, -0.05) is 21.1 Å². The van der Waals surface area contributed by atoms with Gasteiger partial charge in [-0.05, 0) is 29.6 Å². The van der Waals surface area contributed by atoms with Crippen molar-refractivity contribution in [2.75, 3.05) is 5.73 Å². The van der Waals surface area contributed by atoms with Gasteiger partial charge in [-0.2, -0.15) is 16.3 Å². The van der Waals surface area contributed by atoms with Crippen molar-refractivity contribution in [2.45, 2.75) is 0 Å². The topological polar surface area (TPSA) is 64.9 Å². The van der Waals surface area contributed by atoms with Gasteiger partial charge in [-0.25, -0.2) is 0 Å². The van der Waals surface area contributed by atoms with Gasteiger partial charge in [0.1, 0.15) is 0 Å². The molecule has 0 unspecified atom stereocenters. The second-order valence-electron chi connectivity index (χ2n) is 3.67. The molecule has 6 heteroatoms. The Labute approximate surface area is 116 Å². The fraction of sp³-hybridized carbons (Fsp3) is 0. The van der Waals surface area contributed by atoms with E-state index in [1.165, 1.54) is 0 Å². The van der Waals surface area contributed by atoms with Gasteiger partial charge < -0.3 is 10.3 Å². The summed E-state index contributed by atoms with van der Waals surface area (Å²) in [5, 5.41) is 7.90. The zero-order chi connectivity index (χ0) is 12.5. The number of rotatable bonds is 2. The standard InChI is InChI=1S/C12H8BrN3OS/c13-8-1-2-9(10(14)5-8)12-15-11(16-17-12)7-3-4-18-6-7/h1-6H,14H2. The Morgan fingerprint density at radius 2 is 2.17 bits per heavy atom. The van der Waals surface area contributed by atoms with E-state index in [1.54, 1.807) is 11.3 Å². The number of hydrogen-bond donors (Lipinski definition) is 1. The normalized spacial score (nSPS) is 10.7. The minimum atomic E-state index is 0.432. The lowest BCUT2D eigenvalue weighted by atomic mass is 10.2. The van der Waals surface area contributed by atoms with Crippen LogP contribution in [0.5, 0.6) is 0 Å².